The lowest BCUT2D eigenvalue weighted by molar-refractivity contribution is 0.0675. The summed E-state index contributed by atoms with van der Waals surface area (Å²) in [6, 6.07) is 0. The molecule has 1 aliphatic heterocycles. The molecule has 0 saturated carbocycles. The van der Waals surface area contributed by atoms with Crippen LogP contribution in [0.15, 0.2) is 0 Å². The molecule has 1 unspecified atom stereocenters. The van der Waals surface area contributed by atoms with E-state index in [4.69, 9.17) is 11.6 Å². The lowest BCUT2D eigenvalue weighted by atomic mass is 9.95. The van der Waals surface area contributed by atoms with Crippen LogP contribution in [0.25, 0.3) is 0 Å². The van der Waals surface area contributed by atoms with E-state index in [9.17, 15) is 4.79 Å². The first-order valence-corrected chi connectivity index (χ1v) is 7.17. The van der Waals surface area contributed by atoms with Gasteiger partial charge in [0.25, 0.3) is 5.91 Å². The van der Waals surface area contributed by atoms with E-state index in [2.05, 4.69) is 9.59 Å². The third-order valence-corrected chi connectivity index (χ3v) is 4.20. The third kappa shape index (κ3) is 2.96. The number of halogens is 1. The number of aryl methyl sites for hydroxylation is 1. The largest absolute Gasteiger partial charge is 0.338 e. The summed E-state index contributed by atoms with van der Waals surface area (Å²) in [5.74, 6) is 1.30. The van der Waals surface area contributed by atoms with E-state index >= 15 is 0 Å². The Kier molecular flexibility index (Phi) is 4.34. The molecule has 1 aromatic rings. The average Bonchev–Trinajstić information content (AvgIpc) is 2.75. The number of hydrogen-bond acceptors (Lipinski definition) is 4. The predicted octanol–water partition coefficient (Wildman–Crippen LogP) is 2.33. The SMILES string of the molecule is Cc1nnsc1C(=O)N1CCCC(CCCl)C1. The monoisotopic (exact) mass is 273 g/mol. The van der Waals surface area contributed by atoms with Crippen LogP contribution >= 0.6 is 23.1 Å². The minimum atomic E-state index is 0.0803. The quantitative estimate of drug-likeness (QED) is 0.794. The van der Waals surface area contributed by atoms with Crippen molar-refractivity contribution < 1.29 is 4.79 Å². The highest BCUT2D eigenvalue weighted by atomic mass is 35.5. The number of carbonyl (C=O) groups is 1. The topological polar surface area (TPSA) is 46.1 Å². The molecule has 2 rings (SSSR count). The lowest BCUT2D eigenvalue weighted by Crippen LogP contribution is -2.40. The van der Waals surface area contributed by atoms with E-state index in [1.807, 2.05) is 11.8 Å². The first-order valence-electron chi connectivity index (χ1n) is 5.86. The molecule has 1 aromatic heterocycles. The molecule has 1 fully saturated rings. The minimum absolute atomic E-state index is 0.0803. The number of nitrogens with zero attached hydrogens (tertiary/aromatic N) is 3. The van der Waals surface area contributed by atoms with E-state index in [1.165, 1.54) is 18.0 Å². The number of hydrogen-bond donors (Lipinski definition) is 0. The number of piperidine rings is 1. The standard InChI is InChI=1S/C11H16ClN3OS/c1-8-10(17-14-13-8)11(16)15-6-2-3-9(7-15)4-5-12/h9H,2-7H2,1H3. The van der Waals surface area contributed by atoms with Crippen molar-refractivity contribution in [2.45, 2.75) is 26.2 Å². The molecular weight excluding hydrogens is 258 g/mol. The number of alkyl halides is 1. The Morgan fingerprint density at radius 1 is 1.65 bits per heavy atom. The number of carbonyl (C=O) groups excluding carboxylic acids is 1. The zero-order chi connectivity index (χ0) is 12.3. The van der Waals surface area contributed by atoms with Crippen LogP contribution in [0.2, 0.25) is 0 Å². The van der Waals surface area contributed by atoms with Crippen LogP contribution in [0.3, 0.4) is 0 Å². The second-order valence-corrected chi connectivity index (χ2v) is 5.56. The van der Waals surface area contributed by atoms with Gasteiger partial charge in [0.1, 0.15) is 4.88 Å². The van der Waals surface area contributed by atoms with Crippen LogP contribution < -0.4 is 0 Å². The van der Waals surface area contributed by atoms with Gasteiger partial charge in [0, 0.05) is 19.0 Å². The molecule has 1 amide bonds. The van der Waals surface area contributed by atoms with Gasteiger partial charge in [-0.05, 0) is 43.6 Å². The highest BCUT2D eigenvalue weighted by molar-refractivity contribution is 7.07. The van der Waals surface area contributed by atoms with Gasteiger partial charge in [-0.25, -0.2) is 0 Å². The Bertz CT molecular complexity index is 394. The van der Waals surface area contributed by atoms with Crippen molar-refractivity contribution in [3.8, 4) is 0 Å². The van der Waals surface area contributed by atoms with E-state index in [-0.39, 0.29) is 5.91 Å². The van der Waals surface area contributed by atoms with Gasteiger partial charge in [-0.2, -0.15) is 0 Å². The summed E-state index contributed by atoms with van der Waals surface area (Å²) in [6.45, 7) is 3.49. The fraction of sp³-hybridized carbons (Fsp3) is 0.727. The smallest absolute Gasteiger partial charge is 0.267 e. The van der Waals surface area contributed by atoms with Gasteiger partial charge in [0.15, 0.2) is 0 Å². The number of amides is 1. The zero-order valence-corrected chi connectivity index (χ0v) is 11.4. The van der Waals surface area contributed by atoms with Crippen molar-refractivity contribution in [3.63, 3.8) is 0 Å². The molecule has 0 aromatic carbocycles. The molecule has 4 nitrogen and oxygen atoms in total. The maximum atomic E-state index is 12.3. The van der Waals surface area contributed by atoms with Gasteiger partial charge in [-0.3, -0.25) is 4.79 Å². The molecule has 2 heterocycles. The van der Waals surface area contributed by atoms with Crippen LogP contribution in [-0.2, 0) is 0 Å². The maximum Gasteiger partial charge on any atom is 0.267 e. The highest BCUT2D eigenvalue weighted by Crippen LogP contribution is 2.23. The van der Waals surface area contributed by atoms with Crippen LogP contribution in [0, 0.1) is 12.8 Å². The van der Waals surface area contributed by atoms with Gasteiger partial charge in [-0.15, -0.1) is 16.7 Å². The second-order valence-electron chi connectivity index (χ2n) is 4.42. The molecule has 0 bridgehead atoms. The number of likely N-dealkylation sites (tertiary alicyclic amines) is 1. The summed E-state index contributed by atoms with van der Waals surface area (Å²) < 4.78 is 3.82. The van der Waals surface area contributed by atoms with Crippen molar-refractivity contribution in [1.82, 2.24) is 14.5 Å². The third-order valence-electron chi connectivity index (χ3n) is 3.17. The lowest BCUT2D eigenvalue weighted by Gasteiger charge is -2.32. The van der Waals surface area contributed by atoms with E-state index in [1.54, 1.807) is 0 Å². The molecule has 1 aliphatic rings. The summed E-state index contributed by atoms with van der Waals surface area (Å²) in [7, 11) is 0. The van der Waals surface area contributed by atoms with Gasteiger partial charge in [0.05, 0.1) is 5.69 Å². The summed E-state index contributed by atoms with van der Waals surface area (Å²) in [4.78, 5) is 14.9. The predicted molar refractivity (Wildman–Crippen MR) is 68.6 cm³/mol. The Labute approximate surface area is 110 Å². The van der Waals surface area contributed by atoms with Gasteiger partial charge in [0.2, 0.25) is 0 Å². The van der Waals surface area contributed by atoms with E-state index in [0.717, 1.165) is 31.6 Å². The zero-order valence-electron chi connectivity index (χ0n) is 9.86. The van der Waals surface area contributed by atoms with Crippen LogP contribution in [-0.4, -0.2) is 39.4 Å². The first-order chi connectivity index (χ1) is 8.22. The molecule has 0 aliphatic carbocycles. The Morgan fingerprint density at radius 2 is 2.47 bits per heavy atom. The fourth-order valence-corrected chi connectivity index (χ4v) is 3.14. The number of rotatable bonds is 3. The van der Waals surface area contributed by atoms with Gasteiger partial charge < -0.3 is 4.90 Å². The summed E-state index contributed by atoms with van der Waals surface area (Å²) in [5, 5.41) is 3.89. The summed E-state index contributed by atoms with van der Waals surface area (Å²) in [5.41, 5.74) is 0.736. The fourth-order valence-electron chi connectivity index (χ4n) is 2.21. The molecule has 1 saturated heterocycles. The highest BCUT2D eigenvalue weighted by Gasteiger charge is 2.26. The molecule has 17 heavy (non-hydrogen) atoms. The van der Waals surface area contributed by atoms with Crippen molar-refractivity contribution in [1.29, 1.82) is 0 Å². The normalized spacial score (nSPS) is 20.6. The first kappa shape index (κ1) is 12.8. The molecule has 0 spiro atoms. The molecule has 6 heteroatoms. The van der Waals surface area contributed by atoms with Crippen molar-refractivity contribution in [2.24, 2.45) is 5.92 Å². The van der Waals surface area contributed by atoms with E-state index in [0.29, 0.717) is 16.7 Å². The van der Waals surface area contributed by atoms with Crippen LogP contribution in [0.4, 0.5) is 0 Å². The Hall–Kier alpha value is -0.680. The molecule has 0 radical (unpaired) electrons. The van der Waals surface area contributed by atoms with Crippen LogP contribution in [0.1, 0.15) is 34.6 Å². The second kappa shape index (κ2) is 5.78. The Morgan fingerprint density at radius 3 is 3.12 bits per heavy atom. The average molecular weight is 274 g/mol. The summed E-state index contributed by atoms with van der Waals surface area (Å²) in [6.07, 6.45) is 3.24. The summed E-state index contributed by atoms with van der Waals surface area (Å²) >= 11 is 6.95. The maximum absolute atomic E-state index is 12.3. The van der Waals surface area contributed by atoms with Crippen molar-refractivity contribution >= 4 is 29.0 Å². The molecule has 94 valence electrons. The molecular formula is C11H16ClN3OS. The number of aromatic nitrogens is 2. The van der Waals surface area contributed by atoms with Gasteiger partial charge >= 0.3 is 0 Å². The van der Waals surface area contributed by atoms with Gasteiger partial charge in [-0.1, -0.05) is 4.49 Å². The van der Waals surface area contributed by atoms with Crippen LogP contribution in [0.5, 0.6) is 0 Å². The van der Waals surface area contributed by atoms with Crippen molar-refractivity contribution in [3.05, 3.63) is 10.6 Å². The van der Waals surface area contributed by atoms with E-state index < -0.39 is 0 Å². The van der Waals surface area contributed by atoms with Crippen molar-refractivity contribution in [2.75, 3.05) is 19.0 Å². The molecule has 1 atom stereocenters. The Balaban J connectivity index is 2.02. The minimum Gasteiger partial charge on any atom is -0.338 e. The molecule has 0 N–H and O–H groups in total.